The lowest BCUT2D eigenvalue weighted by molar-refractivity contribution is -0.118. The third-order valence-electron chi connectivity index (χ3n) is 3.76. The van der Waals surface area contributed by atoms with Gasteiger partial charge in [0, 0.05) is 25.1 Å². The van der Waals surface area contributed by atoms with Gasteiger partial charge in [-0.05, 0) is 26.8 Å². The first-order chi connectivity index (χ1) is 8.22. The average Bonchev–Trinajstić information content (AvgIpc) is 2.56. The quantitative estimate of drug-likeness (QED) is 0.389. The van der Waals surface area contributed by atoms with E-state index in [1.807, 2.05) is 6.92 Å². The predicted molar refractivity (Wildman–Crippen MR) is 70.2 cm³/mol. The number of rotatable bonds is 7. The maximum Gasteiger partial charge on any atom is 0.127 e. The van der Waals surface area contributed by atoms with E-state index in [-0.39, 0.29) is 5.41 Å². The van der Waals surface area contributed by atoms with E-state index in [0.29, 0.717) is 0 Å². The van der Waals surface area contributed by atoms with Gasteiger partial charge in [0.25, 0.3) is 0 Å². The van der Waals surface area contributed by atoms with E-state index >= 15 is 0 Å². The zero-order valence-electron chi connectivity index (χ0n) is 11.4. The summed E-state index contributed by atoms with van der Waals surface area (Å²) >= 11 is 0. The van der Waals surface area contributed by atoms with Crippen molar-refractivity contribution in [2.24, 2.45) is 5.41 Å². The van der Waals surface area contributed by atoms with Gasteiger partial charge in [-0.15, -0.1) is 0 Å². The highest BCUT2D eigenvalue weighted by atomic mass is 16.5. The summed E-state index contributed by atoms with van der Waals surface area (Å²) in [6.45, 7) is 5.36. The van der Waals surface area contributed by atoms with Crippen molar-refractivity contribution in [3.05, 3.63) is 0 Å². The SMILES string of the molecule is CCOCCN(C)CC1(C=O)CCCCCC1. The van der Waals surface area contributed by atoms with Gasteiger partial charge in [0.2, 0.25) is 0 Å². The van der Waals surface area contributed by atoms with E-state index in [0.717, 1.165) is 39.1 Å². The molecule has 1 saturated carbocycles. The molecule has 0 aliphatic heterocycles. The van der Waals surface area contributed by atoms with Crippen LogP contribution in [0.3, 0.4) is 0 Å². The summed E-state index contributed by atoms with van der Waals surface area (Å²) in [5.74, 6) is 0. The molecule has 0 saturated heterocycles. The van der Waals surface area contributed by atoms with Crippen LogP contribution in [0, 0.1) is 5.41 Å². The van der Waals surface area contributed by atoms with E-state index in [1.54, 1.807) is 0 Å². The first-order valence-electron chi connectivity index (χ1n) is 6.95. The van der Waals surface area contributed by atoms with Crippen LogP contribution in [0.1, 0.15) is 45.4 Å². The largest absolute Gasteiger partial charge is 0.380 e. The molecular formula is C14H27NO2. The Morgan fingerprint density at radius 3 is 2.41 bits per heavy atom. The predicted octanol–water partition coefficient (Wildman–Crippen LogP) is 2.49. The van der Waals surface area contributed by atoms with Crippen LogP contribution in [0.5, 0.6) is 0 Å². The lowest BCUT2D eigenvalue weighted by Crippen LogP contribution is -2.38. The summed E-state index contributed by atoms with van der Waals surface area (Å²) in [6.07, 6.45) is 8.34. The van der Waals surface area contributed by atoms with Crippen LogP contribution < -0.4 is 0 Å². The summed E-state index contributed by atoms with van der Waals surface area (Å²) in [6, 6.07) is 0. The fourth-order valence-corrected chi connectivity index (χ4v) is 2.73. The van der Waals surface area contributed by atoms with Gasteiger partial charge in [0.1, 0.15) is 6.29 Å². The van der Waals surface area contributed by atoms with Crippen LogP contribution in [-0.2, 0) is 9.53 Å². The van der Waals surface area contributed by atoms with Gasteiger partial charge < -0.3 is 14.4 Å². The van der Waals surface area contributed by atoms with Crippen LogP contribution in [0.2, 0.25) is 0 Å². The first-order valence-corrected chi connectivity index (χ1v) is 6.95. The van der Waals surface area contributed by atoms with Crippen molar-refractivity contribution < 1.29 is 9.53 Å². The van der Waals surface area contributed by atoms with Crippen molar-refractivity contribution in [1.29, 1.82) is 0 Å². The Morgan fingerprint density at radius 2 is 1.88 bits per heavy atom. The molecule has 1 aliphatic rings. The lowest BCUT2D eigenvalue weighted by Gasteiger charge is -2.31. The Labute approximate surface area is 106 Å². The van der Waals surface area contributed by atoms with E-state index in [2.05, 4.69) is 11.9 Å². The second-order valence-electron chi connectivity index (χ2n) is 5.33. The smallest absolute Gasteiger partial charge is 0.127 e. The molecule has 17 heavy (non-hydrogen) atoms. The third kappa shape index (κ3) is 5.17. The summed E-state index contributed by atoms with van der Waals surface area (Å²) in [5.41, 5.74) is -0.0858. The maximum atomic E-state index is 11.4. The highest BCUT2D eigenvalue weighted by Gasteiger charge is 2.31. The fourth-order valence-electron chi connectivity index (χ4n) is 2.73. The molecule has 0 amide bonds. The zero-order valence-corrected chi connectivity index (χ0v) is 11.4. The van der Waals surface area contributed by atoms with Gasteiger partial charge in [-0.3, -0.25) is 0 Å². The normalized spacial score (nSPS) is 20.2. The Kier molecular flexibility index (Phi) is 6.75. The van der Waals surface area contributed by atoms with Crippen LogP contribution in [0.15, 0.2) is 0 Å². The zero-order chi connectivity index (χ0) is 12.6. The Morgan fingerprint density at radius 1 is 1.24 bits per heavy atom. The number of ether oxygens (including phenoxy) is 1. The molecule has 3 nitrogen and oxygen atoms in total. The van der Waals surface area contributed by atoms with Crippen molar-refractivity contribution in [1.82, 2.24) is 4.90 Å². The molecule has 1 rings (SSSR count). The number of aldehydes is 1. The van der Waals surface area contributed by atoms with Crippen LogP contribution in [-0.4, -0.2) is 44.5 Å². The Hall–Kier alpha value is -0.410. The minimum atomic E-state index is -0.0858. The standard InChI is InChI=1S/C14H27NO2/c1-3-17-11-10-15(2)12-14(13-16)8-6-4-5-7-9-14/h13H,3-12H2,1-2H3. The molecule has 0 aromatic heterocycles. The molecule has 0 aromatic rings. The van der Waals surface area contributed by atoms with Gasteiger partial charge in [-0.1, -0.05) is 25.7 Å². The van der Waals surface area contributed by atoms with Gasteiger partial charge in [-0.2, -0.15) is 0 Å². The molecule has 0 atom stereocenters. The molecule has 3 heteroatoms. The van der Waals surface area contributed by atoms with Crippen LogP contribution in [0.4, 0.5) is 0 Å². The number of hydrogen-bond acceptors (Lipinski definition) is 3. The van der Waals surface area contributed by atoms with Gasteiger partial charge >= 0.3 is 0 Å². The lowest BCUT2D eigenvalue weighted by atomic mass is 9.81. The highest BCUT2D eigenvalue weighted by molar-refractivity contribution is 5.59. The second kappa shape index (κ2) is 7.83. The molecule has 0 heterocycles. The number of nitrogens with zero attached hydrogens (tertiary/aromatic N) is 1. The molecule has 100 valence electrons. The molecule has 0 unspecified atom stereocenters. The summed E-state index contributed by atoms with van der Waals surface area (Å²) in [5, 5.41) is 0. The minimum absolute atomic E-state index is 0.0858. The molecule has 0 bridgehead atoms. The third-order valence-corrected chi connectivity index (χ3v) is 3.76. The molecule has 0 N–H and O–H groups in total. The van der Waals surface area contributed by atoms with Crippen molar-refractivity contribution >= 4 is 6.29 Å². The highest BCUT2D eigenvalue weighted by Crippen LogP contribution is 2.33. The molecule has 0 aromatic carbocycles. The summed E-state index contributed by atoms with van der Waals surface area (Å²) in [4.78, 5) is 13.7. The average molecular weight is 241 g/mol. The van der Waals surface area contributed by atoms with E-state index in [1.165, 1.54) is 32.0 Å². The van der Waals surface area contributed by atoms with Gasteiger partial charge in [0.15, 0.2) is 0 Å². The molecule has 0 spiro atoms. The first kappa shape index (κ1) is 14.7. The summed E-state index contributed by atoms with van der Waals surface area (Å²) < 4.78 is 5.35. The van der Waals surface area contributed by atoms with Crippen molar-refractivity contribution in [2.75, 3.05) is 33.4 Å². The van der Waals surface area contributed by atoms with Crippen molar-refractivity contribution in [2.45, 2.75) is 45.4 Å². The Balaban J connectivity index is 2.40. The molecule has 0 radical (unpaired) electrons. The minimum Gasteiger partial charge on any atom is -0.380 e. The van der Waals surface area contributed by atoms with E-state index < -0.39 is 0 Å². The van der Waals surface area contributed by atoms with Gasteiger partial charge in [0.05, 0.1) is 6.61 Å². The summed E-state index contributed by atoms with van der Waals surface area (Å²) in [7, 11) is 2.09. The van der Waals surface area contributed by atoms with Crippen LogP contribution in [0.25, 0.3) is 0 Å². The molecule has 1 aliphatic carbocycles. The fraction of sp³-hybridized carbons (Fsp3) is 0.929. The van der Waals surface area contributed by atoms with E-state index in [4.69, 9.17) is 4.74 Å². The van der Waals surface area contributed by atoms with Gasteiger partial charge in [-0.25, -0.2) is 0 Å². The van der Waals surface area contributed by atoms with Crippen molar-refractivity contribution in [3.63, 3.8) is 0 Å². The molecular weight excluding hydrogens is 214 g/mol. The molecule has 1 fully saturated rings. The maximum absolute atomic E-state index is 11.4. The van der Waals surface area contributed by atoms with E-state index in [9.17, 15) is 4.79 Å². The number of carbonyl (C=O) groups excluding carboxylic acids is 1. The van der Waals surface area contributed by atoms with Crippen LogP contribution >= 0.6 is 0 Å². The number of likely N-dealkylation sites (N-methyl/N-ethyl adjacent to an activating group) is 1. The monoisotopic (exact) mass is 241 g/mol. The number of hydrogen-bond donors (Lipinski definition) is 0. The topological polar surface area (TPSA) is 29.5 Å². The van der Waals surface area contributed by atoms with Crippen molar-refractivity contribution in [3.8, 4) is 0 Å². The Bertz CT molecular complexity index is 210. The second-order valence-corrected chi connectivity index (χ2v) is 5.33. The number of carbonyl (C=O) groups is 1.